The van der Waals surface area contributed by atoms with Gasteiger partial charge in [-0.2, -0.15) is 0 Å². The molecular formula is C17H17IN4. The van der Waals surface area contributed by atoms with Gasteiger partial charge in [-0.1, -0.05) is 12.1 Å². The molecule has 0 aliphatic heterocycles. The minimum absolute atomic E-state index is 1.06. The molecule has 0 saturated heterocycles. The van der Waals surface area contributed by atoms with Crippen molar-refractivity contribution in [1.82, 2.24) is 18.8 Å². The molecule has 0 spiro atoms. The Morgan fingerprint density at radius 2 is 1.32 bits per heavy atom. The number of fused-ring (bicyclic) bond motifs is 2. The molecule has 0 atom stereocenters. The largest absolute Gasteiger partial charge is 0.306 e. The highest BCUT2D eigenvalue weighted by molar-refractivity contribution is 14.1. The molecule has 4 aromatic heterocycles. The van der Waals surface area contributed by atoms with Crippen molar-refractivity contribution in [1.29, 1.82) is 0 Å². The van der Waals surface area contributed by atoms with Crippen molar-refractivity contribution in [3.05, 3.63) is 69.8 Å². The van der Waals surface area contributed by atoms with Crippen LogP contribution in [0.1, 0.15) is 16.8 Å². The van der Waals surface area contributed by atoms with E-state index in [9.17, 15) is 0 Å². The fourth-order valence-corrected chi connectivity index (χ4v) is 2.91. The van der Waals surface area contributed by atoms with Crippen LogP contribution in [-0.4, -0.2) is 18.8 Å². The molecule has 0 unspecified atom stereocenters. The molecule has 112 valence electrons. The number of rotatable bonds is 0. The number of aryl methyl sites for hydroxylation is 3. The summed E-state index contributed by atoms with van der Waals surface area (Å²) in [6.45, 7) is 6.17. The van der Waals surface area contributed by atoms with Crippen molar-refractivity contribution in [2.45, 2.75) is 20.8 Å². The summed E-state index contributed by atoms with van der Waals surface area (Å²) in [5.41, 5.74) is 5.97. The zero-order chi connectivity index (χ0) is 15.7. The number of hydrogen-bond donors (Lipinski definition) is 0. The van der Waals surface area contributed by atoms with Gasteiger partial charge in [0.1, 0.15) is 10.0 Å². The summed E-state index contributed by atoms with van der Waals surface area (Å²) in [5, 5.41) is 0. The molecule has 0 N–H and O–H groups in total. The van der Waals surface area contributed by atoms with Crippen molar-refractivity contribution in [3.63, 3.8) is 0 Å². The molecule has 0 aliphatic rings. The number of nitrogens with zero attached hydrogens (tertiary/aromatic N) is 4. The van der Waals surface area contributed by atoms with Gasteiger partial charge in [-0.3, -0.25) is 0 Å². The van der Waals surface area contributed by atoms with Gasteiger partial charge in [0, 0.05) is 12.4 Å². The zero-order valence-electron chi connectivity index (χ0n) is 12.8. The SMILES string of the molecule is Cc1ccc2c(C)ncn2c1.Cc1ccc2c(I)ncn2c1. The molecule has 4 heterocycles. The normalized spacial score (nSPS) is 10.7. The van der Waals surface area contributed by atoms with Crippen LogP contribution < -0.4 is 0 Å². The van der Waals surface area contributed by atoms with Crippen LogP contribution in [0.25, 0.3) is 11.0 Å². The highest BCUT2D eigenvalue weighted by Crippen LogP contribution is 2.12. The van der Waals surface area contributed by atoms with Crippen molar-refractivity contribution < 1.29 is 0 Å². The van der Waals surface area contributed by atoms with Crippen LogP contribution in [0.2, 0.25) is 0 Å². The van der Waals surface area contributed by atoms with Crippen molar-refractivity contribution in [2.24, 2.45) is 0 Å². The van der Waals surface area contributed by atoms with Gasteiger partial charge in [-0.25, -0.2) is 9.97 Å². The summed E-state index contributed by atoms with van der Waals surface area (Å²) in [6, 6.07) is 8.38. The first kappa shape index (κ1) is 15.0. The van der Waals surface area contributed by atoms with E-state index in [2.05, 4.69) is 83.1 Å². The van der Waals surface area contributed by atoms with Gasteiger partial charge in [-0.05, 0) is 66.6 Å². The maximum absolute atomic E-state index is 4.20. The standard InChI is InChI=1S/C9H10N2.C8H7IN2/c1-7-3-4-9-8(2)10-6-11(9)5-7;1-6-2-3-7-8(9)10-5-11(7)4-6/h3-6H,1-2H3;2-5H,1H3. The summed E-state index contributed by atoms with van der Waals surface area (Å²) < 4.78 is 5.14. The number of aromatic nitrogens is 4. The van der Waals surface area contributed by atoms with E-state index >= 15 is 0 Å². The Kier molecular flexibility index (Phi) is 4.15. The molecular weight excluding hydrogens is 387 g/mol. The molecule has 0 amide bonds. The molecule has 4 aromatic rings. The van der Waals surface area contributed by atoms with Gasteiger partial charge in [0.05, 0.1) is 23.1 Å². The number of imidazole rings is 2. The smallest absolute Gasteiger partial charge is 0.127 e. The third-order valence-corrected chi connectivity index (χ3v) is 4.33. The first-order valence-electron chi connectivity index (χ1n) is 7.03. The zero-order valence-corrected chi connectivity index (χ0v) is 14.9. The maximum Gasteiger partial charge on any atom is 0.127 e. The molecule has 0 radical (unpaired) electrons. The minimum Gasteiger partial charge on any atom is -0.306 e. The summed E-state index contributed by atoms with van der Waals surface area (Å²) in [7, 11) is 0. The number of halogens is 1. The molecule has 0 aliphatic carbocycles. The predicted molar refractivity (Wildman–Crippen MR) is 97.3 cm³/mol. The second kappa shape index (κ2) is 6.08. The molecule has 0 saturated carbocycles. The minimum atomic E-state index is 1.06. The predicted octanol–water partition coefficient (Wildman–Crippen LogP) is 4.20. The van der Waals surface area contributed by atoms with E-state index in [-0.39, 0.29) is 0 Å². The van der Waals surface area contributed by atoms with Crippen molar-refractivity contribution in [2.75, 3.05) is 0 Å². The van der Waals surface area contributed by atoms with Crippen molar-refractivity contribution in [3.8, 4) is 0 Å². The topological polar surface area (TPSA) is 34.6 Å². The van der Waals surface area contributed by atoms with Crippen LogP contribution in [0.15, 0.2) is 49.3 Å². The number of pyridine rings is 2. The van der Waals surface area contributed by atoms with E-state index in [4.69, 9.17) is 0 Å². The van der Waals surface area contributed by atoms with E-state index in [1.807, 2.05) is 28.4 Å². The Morgan fingerprint density at radius 1 is 0.773 bits per heavy atom. The molecule has 4 nitrogen and oxygen atoms in total. The third kappa shape index (κ3) is 2.99. The monoisotopic (exact) mass is 404 g/mol. The first-order valence-corrected chi connectivity index (χ1v) is 8.11. The van der Waals surface area contributed by atoms with E-state index < -0.39 is 0 Å². The van der Waals surface area contributed by atoms with Crippen LogP contribution >= 0.6 is 22.6 Å². The van der Waals surface area contributed by atoms with Crippen LogP contribution in [0.5, 0.6) is 0 Å². The second-order valence-corrected chi connectivity index (χ2v) is 6.39. The molecule has 0 fully saturated rings. The Bertz CT molecular complexity index is 858. The second-order valence-electron chi connectivity index (χ2n) is 5.36. The van der Waals surface area contributed by atoms with E-state index in [1.54, 1.807) is 0 Å². The highest BCUT2D eigenvalue weighted by Gasteiger charge is 1.98. The fraction of sp³-hybridized carbons (Fsp3) is 0.176. The van der Waals surface area contributed by atoms with E-state index in [0.29, 0.717) is 0 Å². The lowest BCUT2D eigenvalue weighted by molar-refractivity contribution is 1.13. The Balaban J connectivity index is 0.000000131. The highest BCUT2D eigenvalue weighted by atomic mass is 127. The quantitative estimate of drug-likeness (QED) is 0.412. The van der Waals surface area contributed by atoms with Gasteiger partial charge in [0.15, 0.2) is 0 Å². The molecule has 22 heavy (non-hydrogen) atoms. The van der Waals surface area contributed by atoms with Crippen LogP contribution in [0.3, 0.4) is 0 Å². The lowest BCUT2D eigenvalue weighted by Crippen LogP contribution is -1.82. The molecule has 5 heteroatoms. The summed E-state index contributed by atoms with van der Waals surface area (Å²) in [4.78, 5) is 8.39. The van der Waals surface area contributed by atoms with Gasteiger partial charge < -0.3 is 8.80 Å². The van der Waals surface area contributed by atoms with E-state index in [0.717, 1.165) is 9.39 Å². The first-order chi connectivity index (χ1) is 10.5. The third-order valence-electron chi connectivity index (χ3n) is 3.50. The van der Waals surface area contributed by atoms with Gasteiger partial charge >= 0.3 is 0 Å². The average Bonchev–Trinajstić information content (AvgIpc) is 3.03. The van der Waals surface area contributed by atoms with Gasteiger partial charge in [0.25, 0.3) is 0 Å². The van der Waals surface area contributed by atoms with Gasteiger partial charge in [0.2, 0.25) is 0 Å². The summed E-state index contributed by atoms with van der Waals surface area (Å²) in [6.07, 6.45) is 7.83. The Hall–Kier alpha value is -1.89. The van der Waals surface area contributed by atoms with Crippen LogP contribution in [0, 0.1) is 24.5 Å². The fourth-order valence-electron chi connectivity index (χ4n) is 2.32. The lowest BCUT2D eigenvalue weighted by Gasteiger charge is -1.94. The van der Waals surface area contributed by atoms with Crippen molar-refractivity contribution >= 4 is 33.6 Å². The Morgan fingerprint density at radius 3 is 2.00 bits per heavy atom. The molecule has 0 bridgehead atoms. The lowest BCUT2D eigenvalue weighted by atomic mass is 10.3. The molecule has 0 aromatic carbocycles. The average molecular weight is 404 g/mol. The summed E-state index contributed by atoms with van der Waals surface area (Å²) in [5.74, 6) is 0. The Labute approximate surface area is 143 Å². The summed E-state index contributed by atoms with van der Waals surface area (Å²) >= 11 is 2.23. The van der Waals surface area contributed by atoms with Crippen LogP contribution in [-0.2, 0) is 0 Å². The van der Waals surface area contributed by atoms with Gasteiger partial charge in [-0.15, -0.1) is 0 Å². The van der Waals surface area contributed by atoms with Crippen LogP contribution in [0.4, 0.5) is 0 Å². The van der Waals surface area contributed by atoms with E-state index in [1.165, 1.54) is 22.2 Å². The number of hydrogen-bond acceptors (Lipinski definition) is 2. The maximum atomic E-state index is 4.20. The molecule has 4 rings (SSSR count).